The highest BCUT2D eigenvalue weighted by Gasteiger charge is 2.15. The second-order valence-electron chi connectivity index (χ2n) is 3.67. The Balaban J connectivity index is 2.36. The molecule has 0 amide bonds. The Kier molecular flexibility index (Phi) is 3.91. The standard InChI is InChI=1S/C11H11ClN4S/c1-7(2)8-9(12)15-6-16-10(8)17-11-13-4-3-5-14-11/h3-7H,1-2H3. The van der Waals surface area contributed by atoms with Crippen LogP contribution in [0.4, 0.5) is 0 Å². The molecule has 4 nitrogen and oxygen atoms in total. The van der Waals surface area contributed by atoms with Crippen LogP contribution in [-0.2, 0) is 0 Å². The summed E-state index contributed by atoms with van der Waals surface area (Å²) >= 11 is 7.48. The topological polar surface area (TPSA) is 51.6 Å². The van der Waals surface area contributed by atoms with Gasteiger partial charge >= 0.3 is 0 Å². The lowest BCUT2D eigenvalue weighted by Gasteiger charge is -2.11. The molecule has 0 bridgehead atoms. The van der Waals surface area contributed by atoms with Gasteiger partial charge in [0.25, 0.3) is 0 Å². The SMILES string of the molecule is CC(C)c1c(Cl)ncnc1Sc1ncccn1. The van der Waals surface area contributed by atoms with Gasteiger partial charge in [-0.05, 0) is 23.7 Å². The first-order valence-corrected chi connectivity index (χ1v) is 6.33. The van der Waals surface area contributed by atoms with Crippen molar-refractivity contribution in [2.75, 3.05) is 0 Å². The van der Waals surface area contributed by atoms with Crippen molar-refractivity contribution in [3.63, 3.8) is 0 Å². The predicted molar refractivity (Wildman–Crippen MR) is 67.3 cm³/mol. The Morgan fingerprint density at radius 2 is 1.82 bits per heavy atom. The van der Waals surface area contributed by atoms with Gasteiger partial charge in [-0.3, -0.25) is 0 Å². The zero-order valence-corrected chi connectivity index (χ0v) is 11.0. The van der Waals surface area contributed by atoms with Gasteiger partial charge in [0.2, 0.25) is 0 Å². The van der Waals surface area contributed by atoms with Crippen LogP contribution in [0.1, 0.15) is 25.3 Å². The van der Waals surface area contributed by atoms with Crippen LogP contribution in [0.3, 0.4) is 0 Å². The fourth-order valence-corrected chi connectivity index (χ4v) is 2.70. The summed E-state index contributed by atoms with van der Waals surface area (Å²) in [7, 11) is 0. The minimum atomic E-state index is 0.259. The maximum atomic E-state index is 6.09. The Bertz CT molecular complexity index is 504. The summed E-state index contributed by atoms with van der Waals surface area (Å²) in [5.41, 5.74) is 0.937. The van der Waals surface area contributed by atoms with E-state index in [4.69, 9.17) is 11.6 Å². The van der Waals surface area contributed by atoms with E-state index in [0.717, 1.165) is 10.6 Å². The summed E-state index contributed by atoms with van der Waals surface area (Å²) in [6, 6.07) is 1.78. The van der Waals surface area contributed by atoms with Crippen LogP contribution >= 0.6 is 23.4 Å². The first-order valence-electron chi connectivity index (χ1n) is 5.13. The molecule has 17 heavy (non-hydrogen) atoms. The smallest absolute Gasteiger partial charge is 0.193 e. The van der Waals surface area contributed by atoms with Crippen molar-refractivity contribution >= 4 is 23.4 Å². The minimum Gasteiger partial charge on any atom is -0.231 e. The molecular formula is C11H11ClN4S. The Morgan fingerprint density at radius 3 is 2.47 bits per heavy atom. The quantitative estimate of drug-likeness (QED) is 0.631. The van der Waals surface area contributed by atoms with Gasteiger partial charge in [-0.2, -0.15) is 0 Å². The van der Waals surface area contributed by atoms with E-state index in [2.05, 4.69) is 33.8 Å². The van der Waals surface area contributed by atoms with E-state index in [1.807, 2.05) is 0 Å². The monoisotopic (exact) mass is 266 g/mol. The van der Waals surface area contributed by atoms with Gasteiger partial charge < -0.3 is 0 Å². The number of nitrogens with zero attached hydrogens (tertiary/aromatic N) is 4. The lowest BCUT2D eigenvalue weighted by atomic mass is 10.1. The third-order valence-electron chi connectivity index (χ3n) is 2.11. The number of aromatic nitrogens is 4. The van der Waals surface area contributed by atoms with E-state index >= 15 is 0 Å². The van der Waals surface area contributed by atoms with Crippen LogP contribution in [-0.4, -0.2) is 19.9 Å². The molecule has 0 aliphatic rings. The molecule has 0 aliphatic heterocycles. The van der Waals surface area contributed by atoms with Crippen LogP contribution in [0, 0.1) is 0 Å². The number of hydrogen-bond acceptors (Lipinski definition) is 5. The highest BCUT2D eigenvalue weighted by Crippen LogP contribution is 2.33. The van der Waals surface area contributed by atoms with Gasteiger partial charge in [-0.1, -0.05) is 25.4 Å². The van der Waals surface area contributed by atoms with Gasteiger partial charge in [0.05, 0.1) is 0 Å². The molecule has 88 valence electrons. The molecule has 0 saturated heterocycles. The molecule has 6 heteroatoms. The van der Waals surface area contributed by atoms with Crippen molar-refractivity contribution in [1.82, 2.24) is 19.9 Å². The lowest BCUT2D eigenvalue weighted by molar-refractivity contribution is 0.800. The first kappa shape index (κ1) is 12.3. The molecule has 2 heterocycles. The molecule has 0 unspecified atom stereocenters. The Morgan fingerprint density at radius 1 is 1.12 bits per heavy atom. The second kappa shape index (κ2) is 5.42. The Labute approximate surface area is 109 Å². The molecule has 0 atom stereocenters. The number of rotatable bonds is 3. The fraction of sp³-hybridized carbons (Fsp3) is 0.273. The third-order valence-corrected chi connectivity index (χ3v) is 3.32. The summed E-state index contributed by atoms with van der Waals surface area (Å²) in [6.45, 7) is 4.11. The number of halogens is 1. The average Bonchev–Trinajstić information content (AvgIpc) is 2.30. The molecule has 2 aromatic rings. The Hall–Kier alpha value is -1.20. The summed E-state index contributed by atoms with van der Waals surface area (Å²) < 4.78 is 0. The molecule has 0 fully saturated rings. The molecule has 0 spiro atoms. The van der Waals surface area contributed by atoms with Crippen molar-refractivity contribution in [3.8, 4) is 0 Å². The number of hydrogen-bond donors (Lipinski definition) is 0. The lowest BCUT2D eigenvalue weighted by Crippen LogP contribution is -1.98. The van der Waals surface area contributed by atoms with Crippen molar-refractivity contribution in [1.29, 1.82) is 0 Å². The predicted octanol–water partition coefficient (Wildman–Crippen LogP) is 3.19. The second-order valence-corrected chi connectivity index (χ2v) is 4.99. The molecule has 0 aliphatic carbocycles. The largest absolute Gasteiger partial charge is 0.231 e. The molecule has 2 aromatic heterocycles. The molecule has 2 rings (SSSR count). The van der Waals surface area contributed by atoms with E-state index in [1.54, 1.807) is 18.5 Å². The maximum absolute atomic E-state index is 6.09. The van der Waals surface area contributed by atoms with Gasteiger partial charge in [-0.15, -0.1) is 0 Å². The van der Waals surface area contributed by atoms with Gasteiger partial charge in [0, 0.05) is 18.0 Å². The van der Waals surface area contributed by atoms with Crippen molar-refractivity contribution < 1.29 is 0 Å². The van der Waals surface area contributed by atoms with Gasteiger partial charge in [0.1, 0.15) is 16.5 Å². The molecule has 0 aromatic carbocycles. The molecule has 0 saturated carbocycles. The van der Waals surface area contributed by atoms with E-state index < -0.39 is 0 Å². The van der Waals surface area contributed by atoms with Crippen molar-refractivity contribution in [2.24, 2.45) is 0 Å². The minimum absolute atomic E-state index is 0.259. The van der Waals surface area contributed by atoms with E-state index in [0.29, 0.717) is 10.3 Å². The van der Waals surface area contributed by atoms with Crippen LogP contribution in [0.15, 0.2) is 35.0 Å². The summed E-state index contributed by atoms with van der Waals surface area (Å²) in [5, 5.41) is 1.96. The van der Waals surface area contributed by atoms with Crippen LogP contribution in [0.5, 0.6) is 0 Å². The van der Waals surface area contributed by atoms with Gasteiger partial charge in [-0.25, -0.2) is 19.9 Å². The fourth-order valence-electron chi connectivity index (χ4n) is 1.35. The molecule has 0 radical (unpaired) electrons. The van der Waals surface area contributed by atoms with Crippen LogP contribution in [0.2, 0.25) is 5.15 Å². The molecule has 0 N–H and O–H groups in total. The van der Waals surface area contributed by atoms with Crippen LogP contribution < -0.4 is 0 Å². The maximum Gasteiger partial charge on any atom is 0.193 e. The average molecular weight is 267 g/mol. The van der Waals surface area contributed by atoms with E-state index in [1.165, 1.54) is 18.1 Å². The molecular weight excluding hydrogens is 256 g/mol. The summed E-state index contributed by atoms with van der Waals surface area (Å²) in [6.07, 6.45) is 4.86. The first-order chi connectivity index (χ1) is 8.18. The zero-order chi connectivity index (χ0) is 12.3. The van der Waals surface area contributed by atoms with Crippen molar-refractivity contribution in [2.45, 2.75) is 29.9 Å². The summed E-state index contributed by atoms with van der Waals surface area (Å²) in [5.74, 6) is 0.259. The van der Waals surface area contributed by atoms with Crippen LogP contribution in [0.25, 0.3) is 0 Å². The zero-order valence-electron chi connectivity index (χ0n) is 9.46. The highest BCUT2D eigenvalue weighted by atomic mass is 35.5. The normalized spacial score (nSPS) is 10.8. The third kappa shape index (κ3) is 2.92. The van der Waals surface area contributed by atoms with Gasteiger partial charge in [0.15, 0.2) is 5.16 Å². The summed E-state index contributed by atoms with van der Waals surface area (Å²) in [4.78, 5) is 16.6. The van der Waals surface area contributed by atoms with E-state index in [-0.39, 0.29) is 5.92 Å². The van der Waals surface area contributed by atoms with E-state index in [9.17, 15) is 0 Å². The highest BCUT2D eigenvalue weighted by molar-refractivity contribution is 7.99. The van der Waals surface area contributed by atoms with Crippen molar-refractivity contribution in [3.05, 3.63) is 35.5 Å².